The summed E-state index contributed by atoms with van der Waals surface area (Å²) in [4.78, 5) is 29.3. The van der Waals surface area contributed by atoms with Gasteiger partial charge in [0.2, 0.25) is 0 Å². The van der Waals surface area contributed by atoms with Crippen LogP contribution in [0.4, 0.5) is 0 Å². The summed E-state index contributed by atoms with van der Waals surface area (Å²) in [7, 11) is 0. The second-order valence-electron chi connectivity index (χ2n) is 4.15. The van der Waals surface area contributed by atoms with Crippen LogP contribution >= 0.6 is 0 Å². The van der Waals surface area contributed by atoms with Gasteiger partial charge in [0.05, 0.1) is 23.8 Å². The Morgan fingerprint density at radius 3 is 2.90 bits per heavy atom. The predicted octanol–water partition coefficient (Wildman–Crippen LogP) is -0.120. The lowest BCUT2D eigenvalue weighted by Crippen LogP contribution is -2.29. The van der Waals surface area contributed by atoms with Gasteiger partial charge in [0.25, 0.3) is 5.56 Å². The fourth-order valence-electron chi connectivity index (χ4n) is 1.81. The van der Waals surface area contributed by atoms with Crippen molar-refractivity contribution < 1.29 is 19.7 Å². The minimum absolute atomic E-state index is 0.108. The van der Waals surface area contributed by atoms with Crippen molar-refractivity contribution >= 4 is 16.9 Å². The number of aliphatic hydroxyl groups is 2. The predicted molar refractivity (Wildman–Crippen MR) is 70.0 cm³/mol. The van der Waals surface area contributed by atoms with Gasteiger partial charge in [-0.05, 0) is 24.6 Å². The number of carbonyl (C=O) groups excluding carboxylic acids is 1. The second kappa shape index (κ2) is 5.81. The number of hydrogen-bond donors (Lipinski definition) is 3. The highest BCUT2D eigenvalue weighted by molar-refractivity contribution is 5.79. The zero-order valence-electron chi connectivity index (χ0n) is 10.7. The van der Waals surface area contributed by atoms with Crippen molar-refractivity contribution in [2.45, 2.75) is 19.1 Å². The van der Waals surface area contributed by atoms with Gasteiger partial charge in [-0.3, -0.25) is 4.79 Å². The van der Waals surface area contributed by atoms with E-state index in [1.54, 1.807) is 6.92 Å². The van der Waals surface area contributed by atoms with Gasteiger partial charge in [0, 0.05) is 0 Å². The Balaban J connectivity index is 2.33. The van der Waals surface area contributed by atoms with E-state index < -0.39 is 18.2 Å². The van der Waals surface area contributed by atoms with Gasteiger partial charge >= 0.3 is 5.97 Å². The van der Waals surface area contributed by atoms with E-state index in [-0.39, 0.29) is 17.7 Å². The van der Waals surface area contributed by atoms with Crippen molar-refractivity contribution in [3.05, 3.63) is 40.4 Å². The molecular formula is C13H14N2O5. The summed E-state index contributed by atoms with van der Waals surface area (Å²) in [5, 5.41) is 20.0. The molecule has 0 spiro atoms. The van der Waals surface area contributed by atoms with Crippen LogP contribution in [0.15, 0.2) is 29.3 Å². The molecule has 2 atom stereocenters. The Kier molecular flexibility index (Phi) is 4.11. The fraction of sp³-hybridized carbons (Fsp3) is 0.308. The number of benzene rings is 1. The third-order valence-electron chi connectivity index (χ3n) is 2.83. The van der Waals surface area contributed by atoms with Crippen LogP contribution < -0.4 is 5.56 Å². The molecule has 0 bridgehead atoms. The molecule has 2 aromatic rings. The maximum Gasteiger partial charge on any atom is 0.338 e. The van der Waals surface area contributed by atoms with Crippen LogP contribution in [0.3, 0.4) is 0 Å². The lowest BCUT2D eigenvalue weighted by Gasteiger charge is -2.16. The van der Waals surface area contributed by atoms with Crippen molar-refractivity contribution in [2.75, 3.05) is 6.61 Å². The average Bonchev–Trinajstić information content (AvgIpc) is 2.46. The zero-order valence-corrected chi connectivity index (χ0v) is 10.7. The van der Waals surface area contributed by atoms with Crippen LogP contribution in [0.25, 0.3) is 10.9 Å². The number of aromatic nitrogens is 2. The molecule has 2 rings (SSSR count). The Hall–Kier alpha value is -2.25. The van der Waals surface area contributed by atoms with Crippen molar-refractivity contribution in [3.63, 3.8) is 0 Å². The molecule has 3 N–H and O–H groups in total. The van der Waals surface area contributed by atoms with Crippen molar-refractivity contribution in [1.29, 1.82) is 0 Å². The standard InChI is InChI=1S/C13H14N2O5/c1-2-20-13(19)11(17)10(16)7-3-4-8-9(5-7)14-6-15-12(8)18/h3-6,10-11,16-17H,2H2,1H3,(H,14,15,18). The molecule has 7 heteroatoms. The molecule has 0 amide bonds. The number of carbonyl (C=O) groups is 1. The van der Waals surface area contributed by atoms with Crippen LogP contribution in [0, 0.1) is 0 Å². The summed E-state index contributed by atoms with van der Waals surface area (Å²) < 4.78 is 4.63. The second-order valence-corrected chi connectivity index (χ2v) is 4.15. The molecule has 0 fully saturated rings. The fourth-order valence-corrected chi connectivity index (χ4v) is 1.81. The summed E-state index contributed by atoms with van der Waals surface area (Å²) in [6.07, 6.45) is -1.89. The minimum atomic E-state index is -1.69. The number of fused-ring (bicyclic) bond motifs is 1. The third kappa shape index (κ3) is 2.68. The van der Waals surface area contributed by atoms with E-state index in [9.17, 15) is 19.8 Å². The third-order valence-corrected chi connectivity index (χ3v) is 2.83. The van der Waals surface area contributed by atoms with Crippen molar-refractivity contribution in [1.82, 2.24) is 9.97 Å². The lowest BCUT2D eigenvalue weighted by atomic mass is 10.0. The van der Waals surface area contributed by atoms with Gasteiger partial charge < -0.3 is 19.9 Å². The van der Waals surface area contributed by atoms with E-state index >= 15 is 0 Å². The molecule has 1 heterocycles. The molecule has 0 saturated heterocycles. The van der Waals surface area contributed by atoms with Gasteiger partial charge in [-0.2, -0.15) is 0 Å². The van der Waals surface area contributed by atoms with Gasteiger partial charge in [0.1, 0.15) is 6.10 Å². The van der Waals surface area contributed by atoms with E-state index in [4.69, 9.17) is 0 Å². The largest absolute Gasteiger partial charge is 0.464 e. The van der Waals surface area contributed by atoms with E-state index in [0.29, 0.717) is 10.9 Å². The van der Waals surface area contributed by atoms with E-state index in [1.807, 2.05) is 0 Å². The maximum absolute atomic E-state index is 11.5. The lowest BCUT2D eigenvalue weighted by molar-refractivity contribution is -0.159. The topological polar surface area (TPSA) is 113 Å². The molecule has 106 valence electrons. The number of rotatable bonds is 4. The molecule has 7 nitrogen and oxygen atoms in total. The first-order chi connectivity index (χ1) is 9.54. The molecule has 2 unspecified atom stereocenters. The number of nitrogens with zero attached hydrogens (tertiary/aromatic N) is 1. The van der Waals surface area contributed by atoms with Crippen molar-refractivity contribution in [2.24, 2.45) is 0 Å². The Labute approximate surface area is 113 Å². The van der Waals surface area contributed by atoms with Crippen LogP contribution in [0.1, 0.15) is 18.6 Å². The summed E-state index contributed by atoms with van der Waals surface area (Å²) in [5.74, 6) is -0.904. The van der Waals surface area contributed by atoms with Crippen LogP contribution in [0.2, 0.25) is 0 Å². The summed E-state index contributed by atoms with van der Waals surface area (Å²) in [6, 6.07) is 4.36. The van der Waals surface area contributed by atoms with Crippen LogP contribution in [0.5, 0.6) is 0 Å². The normalized spacial score (nSPS) is 13.9. The number of aromatic amines is 1. The summed E-state index contributed by atoms with van der Waals surface area (Å²) in [6.45, 7) is 1.71. The van der Waals surface area contributed by atoms with Gasteiger partial charge in [-0.25, -0.2) is 9.78 Å². The quantitative estimate of drug-likeness (QED) is 0.672. The Bertz CT molecular complexity index is 682. The molecule has 20 heavy (non-hydrogen) atoms. The first-order valence-electron chi connectivity index (χ1n) is 6.04. The first kappa shape index (κ1) is 14.2. The summed E-state index contributed by atoms with van der Waals surface area (Å²) in [5.41, 5.74) is 0.333. The molecule has 1 aromatic heterocycles. The number of ether oxygens (including phenoxy) is 1. The highest BCUT2D eigenvalue weighted by Crippen LogP contribution is 2.20. The Morgan fingerprint density at radius 1 is 1.45 bits per heavy atom. The van der Waals surface area contributed by atoms with Crippen LogP contribution in [-0.2, 0) is 9.53 Å². The first-order valence-corrected chi connectivity index (χ1v) is 6.04. The molecule has 0 radical (unpaired) electrons. The molecule has 0 aliphatic rings. The molecule has 0 aliphatic carbocycles. The molecule has 0 saturated carbocycles. The molecular weight excluding hydrogens is 264 g/mol. The van der Waals surface area contributed by atoms with E-state index in [1.165, 1.54) is 24.5 Å². The van der Waals surface area contributed by atoms with Gasteiger partial charge in [-0.15, -0.1) is 0 Å². The average molecular weight is 278 g/mol. The minimum Gasteiger partial charge on any atom is -0.464 e. The Morgan fingerprint density at radius 2 is 2.20 bits per heavy atom. The summed E-state index contributed by atoms with van der Waals surface area (Å²) >= 11 is 0. The zero-order chi connectivity index (χ0) is 14.7. The van der Waals surface area contributed by atoms with E-state index in [0.717, 1.165) is 0 Å². The highest BCUT2D eigenvalue weighted by atomic mass is 16.5. The maximum atomic E-state index is 11.5. The SMILES string of the molecule is CCOC(=O)C(O)C(O)c1ccc2c(=O)[nH]cnc2c1. The monoisotopic (exact) mass is 278 g/mol. The molecule has 0 aliphatic heterocycles. The number of esters is 1. The van der Waals surface area contributed by atoms with Crippen LogP contribution in [-0.4, -0.2) is 38.9 Å². The number of aliphatic hydroxyl groups excluding tert-OH is 2. The number of hydrogen-bond acceptors (Lipinski definition) is 6. The number of nitrogens with one attached hydrogen (secondary N) is 1. The number of H-pyrrole nitrogens is 1. The van der Waals surface area contributed by atoms with Crippen molar-refractivity contribution in [3.8, 4) is 0 Å². The highest BCUT2D eigenvalue weighted by Gasteiger charge is 2.27. The smallest absolute Gasteiger partial charge is 0.338 e. The van der Waals surface area contributed by atoms with Gasteiger partial charge in [-0.1, -0.05) is 6.07 Å². The molecule has 1 aromatic carbocycles. The van der Waals surface area contributed by atoms with E-state index in [2.05, 4.69) is 14.7 Å². The van der Waals surface area contributed by atoms with Gasteiger partial charge in [0.15, 0.2) is 6.10 Å².